The fourth-order valence-electron chi connectivity index (χ4n) is 0.847. The van der Waals surface area contributed by atoms with Crippen LogP contribution in [-0.2, 0) is 14.3 Å². The lowest BCUT2D eigenvalue weighted by molar-refractivity contribution is -0.144. The van der Waals surface area contributed by atoms with Gasteiger partial charge in [-0.3, -0.25) is 14.6 Å². The molecule has 1 aliphatic heterocycles. The van der Waals surface area contributed by atoms with Gasteiger partial charge in [-0.05, 0) is 6.92 Å². The van der Waals surface area contributed by atoms with E-state index in [-0.39, 0.29) is 12.5 Å². The number of hydrogen-bond donors (Lipinski definition) is 1. The van der Waals surface area contributed by atoms with E-state index < -0.39 is 11.2 Å². The minimum absolute atomic E-state index is 0.280. The molecule has 13 heavy (non-hydrogen) atoms. The van der Waals surface area contributed by atoms with Crippen LogP contribution in [0.1, 0.15) is 6.92 Å². The van der Waals surface area contributed by atoms with E-state index in [0.717, 1.165) is 11.8 Å². The number of amidine groups is 1. The largest absolute Gasteiger partial charge is 0.465 e. The molecule has 5 nitrogen and oxygen atoms in total. The number of hydrogen-bond acceptors (Lipinski definition) is 5. The second-order valence-electron chi connectivity index (χ2n) is 2.27. The Hall–Kier alpha value is -1.04. The molecule has 72 valence electrons. The van der Waals surface area contributed by atoms with Crippen LogP contribution >= 0.6 is 11.8 Å². The first kappa shape index (κ1) is 10.0. The van der Waals surface area contributed by atoms with Crippen molar-refractivity contribution in [2.45, 2.75) is 12.2 Å². The van der Waals surface area contributed by atoms with Crippen molar-refractivity contribution in [3.63, 3.8) is 0 Å². The van der Waals surface area contributed by atoms with Crippen LogP contribution in [0.4, 0.5) is 0 Å². The van der Waals surface area contributed by atoms with E-state index in [0.29, 0.717) is 5.17 Å². The lowest BCUT2D eigenvalue weighted by Gasteiger charge is -2.03. The lowest BCUT2D eigenvalue weighted by Crippen LogP contribution is -2.31. The predicted octanol–water partition coefficient (Wildman–Crippen LogP) is -0.233. The van der Waals surface area contributed by atoms with Gasteiger partial charge < -0.3 is 10.1 Å². The summed E-state index contributed by atoms with van der Waals surface area (Å²) in [5.74, 6) is -0.868. The summed E-state index contributed by atoms with van der Waals surface area (Å²) in [5.41, 5.74) is 0. The first-order valence-electron chi connectivity index (χ1n) is 3.80. The fraction of sp³-hybridized carbons (Fsp3) is 0.571. The van der Waals surface area contributed by atoms with Crippen molar-refractivity contribution in [3.05, 3.63) is 0 Å². The van der Waals surface area contributed by atoms with Crippen molar-refractivity contribution in [1.29, 1.82) is 0 Å². The molecule has 1 fully saturated rings. The molecule has 1 heterocycles. The minimum atomic E-state index is -0.793. The molecule has 1 saturated heterocycles. The zero-order chi connectivity index (χ0) is 9.84. The van der Waals surface area contributed by atoms with E-state index in [1.165, 1.54) is 0 Å². The van der Waals surface area contributed by atoms with Crippen molar-refractivity contribution in [2.75, 3.05) is 13.7 Å². The monoisotopic (exact) mass is 202 g/mol. The summed E-state index contributed by atoms with van der Waals surface area (Å²) in [5, 5.41) is 2.13. The molecule has 0 aromatic heterocycles. The quantitative estimate of drug-likeness (QED) is 0.496. The van der Waals surface area contributed by atoms with Crippen LogP contribution in [0, 0.1) is 0 Å². The van der Waals surface area contributed by atoms with E-state index in [9.17, 15) is 9.59 Å². The number of carbonyl (C=O) groups excluding carboxylic acids is 2. The zero-order valence-electron chi connectivity index (χ0n) is 7.36. The Morgan fingerprint density at radius 3 is 2.92 bits per heavy atom. The van der Waals surface area contributed by atoms with Gasteiger partial charge >= 0.3 is 5.97 Å². The van der Waals surface area contributed by atoms with Crippen LogP contribution in [-0.4, -0.2) is 35.9 Å². The Morgan fingerprint density at radius 1 is 1.77 bits per heavy atom. The Kier molecular flexibility index (Phi) is 3.30. The molecule has 0 aromatic rings. The first-order chi connectivity index (χ1) is 6.19. The number of esters is 1. The van der Waals surface area contributed by atoms with Gasteiger partial charge in [-0.2, -0.15) is 0 Å². The highest BCUT2D eigenvalue weighted by molar-refractivity contribution is 8.16. The zero-order valence-corrected chi connectivity index (χ0v) is 8.18. The topological polar surface area (TPSA) is 67.8 Å². The number of ether oxygens (including phenoxy) is 1. The smallest absolute Gasteiger partial charge is 0.329 e. The van der Waals surface area contributed by atoms with Crippen LogP contribution < -0.4 is 5.32 Å². The van der Waals surface area contributed by atoms with Crippen LogP contribution in [0.5, 0.6) is 0 Å². The van der Waals surface area contributed by atoms with Crippen molar-refractivity contribution in [1.82, 2.24) is 5.32 Å². The normalized spacial score (nSPS) is 24.6. The first-order valence-corrected chi connectivity index (χ1v) is 4.68. The highest BCUT2D eigenvalue weighted by atomic mass is 32.2. The SMILES string of the molecule is CCOC(=O)C1SC(=NC)NC1=O. The van der Waals surface area contributed by atoms with Crippen molar-refractivity contribution < 1.29 is 14.3 Å². The van der Waals surface area contributed by atoms with Crippen molar-refractivity contribution in [3.8, 4) is 0 Å². The van der Waals surface area contributed by atoms with E-state index in [2.05, 4.69) is 10.3 Å². The van der Waals surface area contributed by atoms with Gasteiger partial charge in [0.15, 0.2) is 10.4 Å². The van der Waals surface area contributed by atoms with Gasteiger partial charge in [0.05, 0.1) is 6.61 Å². The molecule has 1 N–H and O–H groups in total. The number of carbonyl (C=O) groups is 2. The molecule has 6 heteroatoms. The van der Waals surface area contributed by atoms with Gasteiger partial charge in [-0.15, -0.1) is 0 Å². The second-order valence-corrected chi connectivity index (χ2v) is 3.36. The standard InChI is InChI=1S/C7H10N2O3S/c1-3-12-6(11)4-5(10)9-7(8-2)13-4/h4H,3H2,1-2H3,(H,8,9,10). The number of rotatable bonds is 2. The van der Waals surface area contributed by atoms with Crippen LogP contribution in [0.25, 0.3) is 0 Å². The van der Waals surface area contributed by atoms with Crippen LogP contribution in [0.3, 0.4) is 0 Å². The maximum absolute atomic E-state index is 11.2. The summed E-state index contributed by atoms with van der Waals surface area (Å²) in [4.78, 5) is 26.1. The van der Waals surface area contributed by atoms with Gasteiger partial charge in [0.2, 0.25) is 0 Å². The Morgan fingerprint density at radius 2 is 2.46 bits per heavy atom. The average Bonchev–Trinajstić information content (AvgIpc) is 2.47. The molecule has 0 spiro atoms. The van der Waals surface area contributed by atoms with Crippen molar-refractivity contribution >= 4 is 28.8 Å². The summed E-state index contributed by atoms with van der Waals surface area (Å²) in [6.07, 6.45) is 0. The molecular weight excluding hydrogens is 192 g/mol. The molecule has 0 bridgehead atoms. The average molecular weight is 202 g/mol. The summed E-state index contributed by atoms with van der Waals surface area (Å²) in [7, 11) is 1.55. The Labute approximate surface area is 79.9 Å². The third kappa shape index (κ3) is 2.21. The Bertz CT molecular complexity index is 264. The molecule has 1 amide bonds. The molecule has 0 aromatic carbocycles. The maximum atomic E-state index is 11.2. The van der Waals surface area contributed by atoms with Crippen LogP contribution in [0.15, 0.2) is 4.99 Å². The number of amides is 1. The predicted molar refractivity (Wildman–Crippen MR) is 49.5 cm³/mol. The van der Waals surface area contributed by atoms with Gasteiger partial charge in [0, 0.05) is 7.05 Å². The molecule has 0 saturated carbocycles. The number of nitrogens with zero attached hydrogens (tertiary/aromatic N) is 1. The number of aliphatic imine (C=N–C) groups is 1. The molecule has 1 atom stereocenters. The molecule has 0 aliphatic carbocycles. The van der Waals surface area contributed by atoms with Gasteiger partial charge in [-0.1, -0.05) is 11.8 Å². The molecule has 0 radical (unpaired) electrons. The number of thioether (sulfide) groups is 1. The van der Waals surface area contributed by atoms with E-state index in [1.54, 1.807) is 14.0 Å². The second kappa shape index (κ2) is 4.27. The van der Waals surface area contributed by atoms with Gasteiger partial charge in [0.25, 0.3) is 5.91 Å². The molecular formula is C7H10N2O3S. The van der Waals surface area contributed by atoms with Gasteiger partial charge in [-0.25, -0.2) is 0 Å². The summed E-state index contributed by atoms with van der Waals surface area (Å²) >= 11 is 1.08. The molecule has 1 aliphatic rings. The van der Waals surface area contributed by atoms with Gasteiger partial charge in [0.1, 0.15) is 0 Å². The van der Waals surface area contributed by atoms with E-state index >= 15 is 0 Å². The maximum Gasteiger partial charge on any atom is 0.329 e. The highest BCUT2D eigenvalue weighted by Gasteiger charge is 2.36. The lowest BCUT2D eigenvalue weighted by atomic mass is 10.4. The summed E-state index contributed by atoms with van der Waals surface area (Å²) in [6, 6.07) is 0. The van der Waals surface area contributed by atoms with E-state index in [4.69, 9.17) is 4.74 Å². The van der Waals surface area contributed by atoms with Crippen LogP contribution in [0.2, 0.25) is 0 Å². The highest BCUT2D eigenvalue weighted by Crippen LogP contribution is 2.20. The Balaban J connectivity index is 2.62. The van der Waals surface area contributed by atoms with E-state index in [1.807, 2.05) is 0 Å². The number of nitrogens with one attached hydrogen (secondary N) is 1. The minimum Gasteiger partial charge on any atom is -0.465 e. The molecule has 1 unspecified atom stereocenters. The third-order valence-electron chi connectivity index (χ3n) is 1.40. The fourth-order valence-corrected chi connectivity index (χ4v) is 1.67. The summed E-state index contributed by atoms with van der Waals surface area (Å²) < 4.78 is 4.71. The third-order valence-corrected chi connectivity index (χ3v) is 2.55. The molecule has 1 rings (SSSR count). The summed E-state index contributed by atoms with van der Waals surface area (Å²) in [6.45, 7) is 1.98. The van der Waals surface area contributed by atoms with Crippen molar-refractivity contribution in [2.24, 2.45) is 4.99 Å².